The zero-order valence-electron chi connectivity index (χ0n) is 8.60. The third kappa shape index (κ3) is 3.49. The van der Waals surface area contributed by atoms with E-state index in [0.29, 0.717) is 0 Å². The molecule has 0 saturated carbocycles. The highest BCUT2D eigenvalue weighted by Crippen LogP contribution is 2.28. The second kappa shape index (κ2) is 4.16. The van der Waals surface area contributed by atoms with E-state index in [1.54, 1.807) is 13.8 Å². The first kappa shape index (κ1) is 11.9. The average Bonchev–Trinajstić information content (AvgIpc) is 1.98. The van der Waals surface area contributed by atoms with Crippen molar-refractivity contribution in [2.24, 2.45) is 0 Å². The monoisotopic (exact) mass is 218 g/mol. The number of hydrogen-bond acceptors (Lipinski definition) is 4. The summed E-state index contributed by atoms with van der Waals surface area (Å²) in [6, 6.07) is 0. The predicted octanol–water partition coefficient (Wildman–Crippen LogP) is 0.456. The van der Waals surface area contributed by atoms with Crippen LogP contribution in [-0.4, -0.2) is 40.1 Å². The normalized spacial score (nSPS) is 29.7. The van der Waals surface area contributed by atoms with Crippen molar-refractivity contribution in [2.75, 3.05) is 0 Å². The maximum atomic E-state index is 10.7. The van der Waals surface area contributed by atoms with Gasteiger partial charge in [0.15, 0.2) is 11.9 Å². The van der Waals surface area contributed by atoms with Crippen LogP contribution in [0.2, 0.25) is 0 Å². The summed E-state index contributed by atoms with van der Waals surface area (Å²) in [6.45, 7) is 3.13. The summed E-state index contributed by atoms with van der Waals surface area (Å²) in [7, 11) is 0. The third-order valence-corrected chi connectivity index (χ3v) is 2.03. The molecule has 2 N–H and O–H groups in total. The van der Waals surface area contributed by atoms with Crippen LogP contribution in [0.25, 0.3) is 0 Å². The molecule has 6 nitrogen and oxygen atoms in total. The molecule has 2 atom stereocenters. The molecule has 0 unspecified atom stereocenters. The Morgan fingerprint density at radius 1 is 1.33 bits per heavy atom. The van der Waals surface area contributed by atoms with Gasteiger partial charge in [0.25, 0.3) is 0 Å². The Hall–Kier alpha value is -1.14. The summed E-state index contributed by atoms with van der Waals surface area (Å²) in [5, 5.41) is 17.4. The van der Waals surface area contributed by atoms with Crippen molar-refractivity contribution in [2.45, 2.75) is 44.7 Å². The fourth-order valence-electron chi connectivity index (χ4n) is 1.58. The maximum absolute atomic E-state index is 10.7. The van der Waals surface area contributed by atoms with E-state index in [1.165, 1.54) is 0 Å². The molecule has 0 aromatic heterocycles. The molecule has 1 aliphatic rings. The summed E-state index contributed by atoms with van der Waals surface area (Å²) in [4.78, 5) is 21.2. The SMILES string of the molecule is CC1(C)O[C@@H](CC(=O)O)C[C@@H](C(=O)O)O1. The molecule has 6 heteroatoms. The molecule has 1 rings (SSSR count). The number of carbonyl (C=O) groups is 2. The van der Waals surface area contributed by atoms with E-state index in [-0.39, 0.29) is 12.8 Å². The minimum atomic E-state index is -1.10. The molecular formula is C9H14O6. The van der Waals surface area contributed by atoms with Gasteiger partial charge in [0.1, 0.15) is 0 Å². The number of rotatable bonds is 3. The van der Waals surface area contributed by atoms with Gasteiger partial charge in [-0.25, -0.2) is 4.79 Å². The molecule has 1 saturated heterocycles. The first-order chi connectivity index (χ1) is 6.80. The Morgan fingerprint density at radius 2 is 1.93 bits per heavy atom. The predicted molar refractivity (Wildman–Crippen MR) is 48.3 cm³/mol. The van der Waals surface area contributed by atoms with Crippen LogP contribution in [0.15, 0.2) is 0 Å². The fourth-order valence-corrected chi connectivity index (χ4v) is 1.58. The Bertz CT molecular complexity index is 272. The van der Waals surface area contributed by atoms with Gasteiger partial charge in [-0.2, -0.15) is 0 Å². The largest absolute Gasteiger partial charge is 0.481 e. The highest BCUT2D eigenvalue weighted by atomic mass is 16.7. The van der Waals surface area contributed by atoms with Crippen LogP contribution in [-0.2, 0) is 19.1 Å². The zero-order valence-corrected chi connectivity index (χ0v) is 8.60. The van der Waals surface area contributed by atoms with Gasteiger partial charge in [-0.1, -0.05) is 0 Å². The minimum absolute atomic E-state index is 0.0606. The van der Waals surface area contributed by atoms with Crippen LogP contribution < -0.4 is 0 Å². The van der Waals surface area contributed by atoms with E-state index in [9.17, 15) is 9.59 Å². The van der Waals surface area contributed by atoms with Gasteiger partial charge in [-0.05, 0) is 13.8 Å². The molecule has 0 amide bonds. The van der Waals surface area contributed by atoms with Gasteiger partial charge < -0.3 is 19.7 Å². The summed E-state index contributed by atoms with van der Waals surface area (Å²) in [5.74, 6) is -3.16. The van der Waals surface area contributed by atoms with Crippen molar-refractivity contribution in [1.82, 2.24) is 0 Å². The van der Waals surface area contributed by atoms with Crippen LogP contribution >= 0.6 is 0 Å². The Morgan fingerprint density at radius 3 is 2.40 bits per heavy atom. The molecule has 0 aromatic rings. The number of aliphatic carboxylic acids is 2. The summed E-state index contributed by atoms with van der Waals surface area (Å²) in [5.41, 5.74) is 0. The lowest BCUT2D eigenvalue weighted by molar-refractivity contribution is -0.297. The second-order valence-corrected chi connectivity index (χ2v) is 3.92. The smallest absolute Gasteiger partial charge is 0.333 e. The molecule has 15 heavy (non-hydrogen) atoms. The summed E-state index contributed by atoms with van der Waals surface area (Å²) < 4.78 is 10.4. The number of hydrogen-bond donors (Lipinski definition) is 2. The van der Waals surface area contributed by atoms with Crippen molar-refractivity contribution in [3.05, 3.63) is 0 Å². The van der Waals surface area contributed by atoms with Crippen LogP contribution in [0, 0.1) is 0 Å². The Balaban J connectivity index is 2.67. The molecule has 0 aromatic carbocycles. The van der Waals surface area contributed by atoms with Crippen molar-refractivity contribution in [3.8, 4) is 0 Å². The lowest BCUT2D eigenvalue weighted by Gasteiger charge is -2.38. The van der Waals surface area contributed by atoms with Crippen molar-refractivity contribution in [3.63, 3.8) is 0 Å². The number of ether oxygens (including phenoxy) is 2. The van der Waals surface area contributed by atoms with Crippen LogP contribution in [0.1, 0.15) is 26.7 Å². The number of carboxylic acid groups (broad SMARTS) is 2. The molecule has 0 radical (unpaired) electrons. The topological polar surface area (TPSA) is 93.1 Å². The van der Waals surface area contributed by atoms with Gasteiger partial charge in [0.05, 0.1) is 12.5 Å². The van der Waals surface area contributed by atoms with Crippen molar-refractivity contribution < 1.29 is 29.3 Å². The van der Waals surface area contributed by atoms with Crippen LogP contribution in [0.4, 0.5) is 0 Å². The first-order valence-electron chi connectivity index (χ1n) is 4.60. The fraction of sp³-hybridized carbons (Fsp3) is 0.778. The van der Waals surface area contributed by atoms with Crippen molar-refractivity contribution >= 4 is 11.9 Å². The van der Waals surface area contributed by atoms with Crippen molar-refractivity contribution in [1.29, 1.82) is 0 Å². The van der Waals surface area contributed by atoms with Gasteiger partial charge in [0, 0.05) is 6.42 Å². The quantitative estimate of drug-likeness (QED) is 0.714. The zero-order chi connectivity index (χ0) is 11.6. The van der Waals surface area contributed by atoms with Gasteiger partial charge in [-0.15, -0.1) is 0 Å². The third-order valence-electron chi connectivity index (χ3n) is 2.03. The molecule has 1 heterocycles. The lowest BCUT2D eigenvalue weighted by Crippen LogP contribution is -2.48. The first-order valence-corrected chi connectivity index (χ1v) is 4.60. The molecule has 1 fully saturated rings. The standard InChI is InChI=1S/C9H14O6/c1-9(2)14-5(4-7(10)11)3-6(15-9)8(12)13/h5-6H,3-4H2,1-2H3,(H,10,11)(H,12,13)/t5-,6+/m1/s1. The summed E-state index contributed by atoms with van der Waals surface area (Å²) in [6.07, 6.45) is -1.77. The molecule has 0 aliphatic carbocycles. The second-order valence-electron chi connectivity index (χ2n) is 3.92. The van der Waals surface area contributed by atoms with E-state index in [2.05, 4.69) is 0 Å². The Kier molecular flexibility index (Phi) is 3.31. The highest BCUT2D eigenvalue weighted by Gasteiger charge is 2.39. The minimum Gasteiger partial charge on any atom is -0.481 e. The summed E-state index contributed by atoms with van der Waals surface area (Å²) >= 11 is 0. The Labute approximate surface area is 86.8 Å². The maximum Gasteiger partial charge on any atom is 0.333 e. The lowest BCUT2D eigenvalue weighted by atomic mass is 10.1. The van der Waals surface area contributed by atoms with E-state index in [4.69, 9.17) is 19.7 Å². The van der Waals surface area contributed by atoms with Gasteiger partial charge in [-0.3, -0.25) is 4.79 Å². The van der Waals surface area contributed by atoms with Crippen LogP contribution in [0.5, 0.6) is 0 Å². The van der Waals surface area contributed by atoms with Gasteiger partial charge in [0.2, 0.25) is 0 Å². The molecule has 1 aliphatic heterocycles. The van der Waals surface area contributed by atoms with Gasteiger partial charge >= 0.3 is 11.9 Å². The van der Waals surface area contributed by atoms with E-state index in [1.807, 2.05) is 0 Å². The molecule has 86 valence electrons. The molecular weight excluding hydrogens is 204 g/mol. The average molecular weight is 218 g/mol. The number of carboxylic acids is 2. The van der Waals surface area contributed by atoms with E-state index in [0.717, 1.165) is 0 Å². The van der Waals surface area contributed by atoms with E-state index < -0.39 is 29.9 Å². The van der Waals surface area contributed by atoms with Crippen LogP contribution in [0.3, 0.4) is 0 Å². The highest BCUT2D eigenvalue weighted by molar-refractivity contribution is 5.73. The molecule has 0 bridgehead atoms. The van der Waals surface area contributed by atoms with E-state index >= 15 is 0 Å². The molecule has 0 spiro atoms.